The van der Waals surface area contributed by atoms with Crippen LogP contribution in [0.4, 0.5) is 0 Å². The van der Waals surface area contributed by atoms with Gasteiger partial charge in [0.15, 0.2) is 0 Å². The quantitative estimate of drug-likeness (QED) is 0.884. The van der Waals surface area contributed by atoms with E-state index in [1.165, 1.54) is 0 Å². The fraction of sp³-hybridized carbons (Fsp3) is 0.500. The molecule has 0 spiro atoms. The van der Waals surface area contributed by atoms with Gasteiger partial charge in [-0.2, -0.15) is 0 Å². The van der Waals surface area contributed by atoms with Gasteiger partial charge in [-0.15, -0.1) is 0 Å². The third-order valence-electron chi connectivity index (χ3n) is 4.08. The largest absolute Gasteiger partial charge is 0.459 e. The first-order valence-corrected chi connectivity index (χ1v) is 8.08. The Hall–Kier alpha value is -0.880. The number of aliphatic hydroxyl groups is 1. The highest BCUT2D eigenvalue weighted by Gasteiger charge is 2.30. The molecule has 2 aromatic rings. The lowest BCUT2D eigenvalue weighted by atomic mass is 9.94. The maximum Gasteiger partial charge on any atom is 0.134 e. The Morgan fingerprint density at radius 2 is 2.10 bits per heavy atom. The van der Waals surface area contributed by atoms with Crippen molar-refractivity contribution in [3.8, 4) is 0 Å². The number of hydrogen-bond acceptors (Lipinski definition) is 4. The molecule has 114 valence electrons. The van der Waals surface area contributed by atoms with Gasteiger partial charge in [-0.05, 0) is 31.2 Å². The predicted molar refractivity (Wildman–Crippen MR) is 85.3 cm³/mol. The summed E-state index contributed by atoms with van der Waals surface area (Å²) >= 11 is 3.47. The molecule has 1 saturated heterocycles. The van der Waals surface area contributed by atoms with Gasteiger partial charge in [0, 0.05) is 42.5 Å². The van der Waals surface area contributed by atoms with Gasteiger partial charge in [0.25, 0.3) is 0 Å². The van der Waals surface area contributed by atoms with Crippen molar-refractivity contribution in [1.82, 2.24) is 5.32 Å². The summed E-state index contributed by atoms with van der Waals surface area (Å²) in [5, 5.41) is 14.9. The molecule has 1 aromatic carbocycles. The van der Waals surface area contributed by atoms with Crippen LogP contribution in [0.15, 0.2) is 33.2 Å². The Morgan fingerprint density at radius 1 is 1.33 bits per heavy atom. The normalized spacial score (nSPS) is 19.8. The summed E-state index contributed by atoms with van der Waals surface area (Å²) in [5.41, 5.74) is 0.216. The molecule has 1 unspecified atom stereocenters. The van der Waals surface area contributed by atoms with Crippen molar-refractivity contribution in [2.45, 2.75) is 31.4 Å². The summed E-state index contributed by atoms with van der Waals surface area (Å²) in [6, 6.07) is 8.08. The third kappa shape index (κ3) is 3.48. The Morgan fingerprint density at radius 3 is 2.86 bits per heavy atom. The highest BCUT2D eigenvalue weighted by molar-refractivity contribution is 9.10. The number of rotatable bonds is 4. The Balaban J connectivity index is 1.67. The Bertz CT molecular complexity index is 619. The molecule has 1 aliphatic heterocycles. The molecule has 0 bridgehead atoms. The molecule has 21 heavy (non-hydrogen) atoms. The van der Waals surface area contributed by atoms with Gasteiger partial charge in [-0.3, -0.25) is 0 Å². The van der Waals surface area contributed by atoms with Crippen LogP contribution in [-0.4, -0.2) is 30.5 Å². The zero-order valence-electron chi connectivity index (χ0n) is 12.1. The van der Waals surface area contributed by atoms with Crippen LogP contribution >= 0.6 is 15.9 Å². The molecule has 0 radical (unpaired) electrons. The maximum absolute atomic E-state index is 10.5. The van der Waals surface area contributed by atoms with Crippen molar-refractivity contribution in [3.63, 3.8) is 0 Å². The molecule has 2 N–H and O–H groups in total. The van der Waals surface area contributed by atoms with Crippen molar-refractivity contribution in [3.05, 3.63) is 34.5 Å². The number of ether oxygens (including phenoxy) is 1. The molecule has 5 heteroatoms. The molecule has 4 nitrogen and oxygen atoms in total. The van der Waals surface area contributed by atoms with Crippen LogP contribution in [0.2, 0.25) is 0 Å². The average Bonchev–Trinajstić information content (AvgIpc) is 2.88. The van der Waals surface area contributed by atoms with Crippen molar-refractivity contribution in [2.75, 3.05) is 19.8 Å². The van der Waals surface area contributed by atoms with Crippen LogP contribution in [0.25, 0.3) is 11.0 Å². The molecule has 3 rings (SSSR count). The Kier molecular flexibility index (Phi) is 4.36. The van der Waals surface area contributed by atoms with Gasteiger partial charge in [-0.1, -0.05) is 15.9 Å². The number of fused-ring (bicyclic) bond motifs is 1. The summed E-state index contributed by atoms with van der Waals surface area (Å²) in [6.45, 7) is 3.87. The highest BCUT2D eigenvalue weighted by atomic mass is 79.9. The number of hydrogen-bond donors (Lipinski definition) is 2. The molecule has 0 aliphatic carbocycles. The second-order valence-electron chi connectivity index (χ2n) is 5.77. The molecule has 0 amide bonds. The van der Waals surface area contributed by atoms with E-state index >= 15 is 0 Å². The Labute approximate surface area is 132 Å². The SMILES string of the molecule is CC(NCC1(O)CCOCC1)c1cc2cc(Br)ccc2o1. The summed E-state index contributed by atoms with van der Waals surface area (Å²) in [7, 11) is 0. The first-order valence-electron chi connectivity index (χ1n) is 7.28. The monoisotopic (exact) mass is 353 g/mol. The molecule has 2 heterocycles. The number of halogens is 1. The fourth-order valence-corrected chi connectivity index (χ4v) is 3.00. The van der Waals surface area contributed by atoms with Crippen molar-refractivity contribution < 1.29 is 14.3 Å². The smallest absolute Gasteiger partial charge is 0.134 e. The van der Waals surface area contributed by atoms with Crippen LogP contribution in [0, 0.1) is 0 Å². The third-order valence-corrected chi connectivity index (χ3v) is 4.58. The zero-order valence-corrected chi connectivity index (χ0v) is 13.6. The number of benzene rings is 1. The second-order valence-corrected chi connectivity index (χ2v) is 6.69. The van der Waals surface area contributed by atoms with Gasteiger partial charge in [0.2, 0.25) is 0 Å². The predicted octanol–water partition coefficient (Wildman–Crippen LogP) is 3.39. The minimum Gasteiger partial charge on any atom is -0.459 e. The van der Waals surface area contributed by atoms with Gasteiger partial charge < -0.3 is 19.6 Å². The first kappa shape index (κ1) is 15.0. The summed E-state index contributed by atoms with van der Waals surface area (Å²) < 4.78 is 12.2. The van der Waals surface area contributed by atoms with Crippen LogP contribution in [0.5, 0.6) is 0 Å². The van der Waals surface area contributed by atoms with Gasteiger partial charge >= 0.3 is 0 Å². The molecule has 0 saturated carbocycles. The van der Waals surface area contributed by atoms with Crippen molar-refractivity contribution in [2.24, 2.45) is 0 Å². The lowest BCUT2D eigenvalue weighted by Gasteiger charge is -2.33. The minimum atomic E-state index is -0.665. The van der Waals surface area contributed by atoms with E-state index in [2.05, 4.69) is 28.2 Å². The van der Waals surface area contributed by atoms with E-state index < -0.39 is 5.60 Å². The molecule has 1 aliphatic rings. The first-order chi connectivity index (χ1) is 10.1. The number of furan rings is 1. The van der Waals surface area contributed by atoms with Gasteiger partial charge in [-0.25, -0.2) is 0 Å². The van der Waals surface area contributed by atoms with E-state index in [4.69, 9.17) is 9.15 Å². The standard InChI is InChI=1S/C16H20BrNO3/c1-11(18-10-16(19)4-6-20-7-5-16)15-9-12-8-13(17)2-3-14(12)21-15/h2-3,8-9,11,18-19H,4-7,10H2,1H3. The van der Waals surface area contributed by atoms with Gasteiger partial charge in [0.1, 0.15) is 11.3 Å². The van der Waals surface area contributed by atoms with E-state index in [0.717, 1.165) is 21.2 Å². The van der Waals surface area contributed by atoms with Crippen LogP contribution in [0.1, 0.15) is 31.6 Å². The molecule has 1 fully saturated rings. The van der Waals surface area contributed by atoms with E-state index in [1.54, 1.807) is 0 Å². The maximum atomic E-state index is 10.5. The lowest BCUT2D eigenvalue weighted by Crippen LogP contribution is -2.45. The second kappa shape index (κ2) is 6.08. The van der Waals surface area contributed by atoms with E-state index in [-0.39, 0.29) is 6.04 Å². The molecular weight excluding hydrogens is 334 g/mol. The summed E-state index contributed by atoms with van der Waals surface area (Å²) in [5.74, 6) is 0.888. The molecule has 1 atom stereocenters. The van der Waals surface area contributed by atoms with Crippen LogP contribution < -0.4 is 5.32 Å². The molecular formula is C16H20BrNO3. The van der Waals surface area contributed by atoms with Crippen molar-refractivity contribution >= 4 is 26.9 Å². The zero-order chi connectivity index (χ0) is 14.9. The minimum absolute atomic E-state index is 0.0584. The number of nitrogens with one attached hydrogen (secondary N) is 1. The summed E-state index contributed by atoms with van der Waals surface area (Å²) in [6.07, 6.45) is 1.36. The fourth-order valence-electron chi connectivity index (χ4n) is 2.62. The molecule has 1 aromatic heterocycles. The van der Waals surface area contributed by atoms with E-state index in [9.17, 15) is 5.11 Å². The van der Waals surface area contributed by atoms with E-state index in [1.807, 2.05) is 24.3 Å². The lowest BCUT2D eigenvalue weighted by molar-refractivity contribution is -0.0628. The van der Waals surface area contributed by atoms with Gasteiger partial charge in [0.05, 0.1) is 11.6 Å². The average molecular weight is 354 g/mol. The van der Waals surface area contributed by atoms with Crippen LogP contribution in [0.3, 0.4) is 0 Å². The van der Waals surface area contributed by atoms with Crippen LogP contribution in [-0.2, 0) is 4.74 Å². The van der Waals surface area contributed by atoms with E-state index in [0.29, 0.717) is 32.6 Å². The topological polar surface area (TPSA) is 54.6 Å². The van der Waals surface area contributed by atoms with Crippen molar-refractivity contribution in [1.29, 1.82) is 0 Å². The summed E-state index contributed by atoms with van der Waals surface area (Å²) in [4.78, 5) is 0. The highest BCUT2D eigenvalue weighted by Crippen LogP contribution is 2.27.